The Hall–Kier alpha value is -3.36. The number of nitrogens with zero attached hydrogens (tertiary/aromatic N) is 1. The van der Waals surface area contributed by atoms with E-state index in [2.05, 4.69) is 5.32 Å². The lowest BCUT2D eigenvalue weighted by molar-refractivity contribution is -0.141. The molecule has 4 amide bonds. The van der Waals surface area contributed by atoms with Crippen LogP contribution in [0, 0.1) is 13.8 Å². The Morgan fingerprint density at radius 1 is 1.03 bits per heavy atom. The molecule has 0 aliphatic carbocycles. The van der Waals surface area contributed by atoms with E-state index in [0.29, 0.717) is 16.0 Å². The zero-order chi connectivity index (χ0) is 22.1. The summed E-state index contributed by atoms with van der Waals surface area (Å²) >= 11 is 0. The Labute approximate surface area is 171 Å². The quantitative estimate of drug-likeness (QED) is 0.732. The molecule has 0 bridgehead atoms. The van der Waals surface area contributed by atoms with E-state index in [9.17, 15) is 27.6 Å². The maximum absolute atomic E-state index is 13.4. The van der Waals surface area contributed by atoms with Gasteiger partial charge in [-0.3, -0.25) is 14.5 Å². The fraction of sp³-hybridized carbons (Fsp3) is 0.286. The first-order chi connectivity index (χ1) is 14.0. The molecule has 1 aliphatic heterocycles. The van der Waals surface area contributed by atoms with Gasteiger partial charge in [-0.1, -0.05) is 48.5 Å². The molecule has 2 aromatic rings. The van der Waals surface area contributed by atoms with Crippen LogP contribution < -0.4 is 10.6 Å². The highest BCUT2D eigenvalue weighted by Gasteiger charge is 2.54. The van der Waals surface area contributed by atoms with Gasteiger partial charge in [0.25, 0.3) is 5.91 Å². The predicted molar refractivity (Wildman–Crippen MR) is 102 cm³/mol. The number of rotatable bonds is 5. The molecule has 0 radical (unpaired) electrons. The third-order valence-electron chi connectivity index (χ3n) is 5.04. The summed E-state index contributed by atoms with van der Waals surface area (Å²) in [5, 5.41) is 4.34. The molecule has 9 heteroatoms. The number of hydrogen-bond acceptors (Lipinski definition) is 3. The number of urea groups is 1. The van der Waals surface area contributed by atoms with Crippen LogP contribution in [0.15, 0.2) is 48.5 Å². The van der Waals surface area contributed by atoms with Crippen molar-refractivity contribution >= 4 is 17.8 Å². The molecule has 1 atom stereocenters. The van der Waals surface area contributed by atoms with Gasteiger partial charge in [0.2, 0.25) is 5.91 Å². The molecule has 1 fully saturated rings. The lowest BCUT2D eigenvalue weighted by atomic mass is 9.81. The SMILES string of the molecule is Cc1ccc([C@]2(c3ccccc3)NC(=O)N(CC(=O)NCC(F)(F)F)C2=O)cc1C. The molecule has 1 aliphatic rings. The molecule has 2 aromatic carbocycles. The summed E-state index contributed by atoms with van der Waals surface area (Å²) < 4.78 is 37.0. The molecular formula is C21H20F3N3O3. The smallest absolute Gasteiger partial charge is 0.345 e. The Kier molecular flexibility index (Phi) is 5.56. The number of benzene rings is 2. The fourth-order valence-corrected chi connectivity index (χ4v) is 3.34. The Bertz CT molecular complexity index is 992. The summed E-state index contributed by atoms with van der Waals surface area (Å²) in [6, 6.07) is 12.9. The summed E-state index contributed by atoms with van der Waals surface area (Å²) in [6.45, 7) is 1.40. The lowest BCUT2D eigenvalue weighted by Gasteiger charge is -2.28. The minimum Gasteiger partial charge on any atom is -0.345 e. The van der Waals surface area contributed by atoms with Gasteiger partial charge >= 0.3 is 12.2 Å². The van der Waals surface area contributed by atoms with Crippen molar-refractivity contribution in [2.24, 2.45) is 0 Å². The third-order valence-corrected chi connectivity index (χ3v) is 5.04. The molecule has 0 aromatic heterocycles. The van der Waals surface area contributed by atoms with Crippen molar-refractivity contribution in [3.8, 4) is 0 Å². The van der Waals surface area contributed by atoms with E-state index < -0.39 is 42.7 Å². The predicted octanol–water partition coefficient (Wildman–Crippen LogP) is 2.78. The van der Waals surface area contributed by atoms with Gasteiger partial charge in [0, 0.05) is 0 Å². The van der Waals surface area contributed by atoms with Gasteiger partial charge in [0.15, 0.2) is 5.54 Å². The van der Waals surface area contributed by atoms with E-state index in [4.69, 9.17) is 0 Å². The van der Waals surface area contributed by atoms with E-state index >= 15 is 0 Å². The van der Waals surface area contributed by atoms with Gasteiger partial charge in [0.05, 0.1) is 0 Å². The minimum absolute atomic E-state index is 0.477. The molecule has 0 saturated carbocycles. The van der Waals surface area contributed by atoms with Crippen molar-refractivity contribution in [3.63, 3.8) is 0 Å². The normalized spacial score (nSPS) is 19.0. The second kappa shape index (κ2) is 7.81. The summed E-state index contributed by atoms with van der Waals surface area (Å²) in [7, 11) is 0. The molecule has 30 heavy (non-hydrogen) atoms. The zero-order valence-corrected chi connectivity index (χ0v) is 16.3. The molecule has 1 saturated heterocycles. The second-order valence-electron chi connectivity index (χ2n) is 7.13. The monoisotopic (exact) mass is 419 g/mol. The van der Waals surface area contributed by atoms with Crippen LogP contribution in [0.1, 0.15) is 22.3 Å². The Morgan fingerprint density at radius 3 is 2.30 bits per heavy atom. The molecular weight excluding hydrogens is 399 g/mol. The first-order valence-corrected chi connectivity index (χ1v) is 9.15. The highest BCUT2D eigenvalue weighted by molar-refractivity contribution is 6.11. The maximum Gasteiger partial charge on any atom is 0.405 e. The van der Waals surface area contributed by atoms with E-state index in [1.54, 1.807) is 47.8 Å². The first-order valence-electron chi connectivity index (χ1n) is 9.15. The van der Waals surface area contributed by atoms with Crippen molar-refractivity contribution in [1.29, 1.82) is 0 Å². The number of carbonyl (C=O) groups excluding carboxylic acids is 3. The number of hydrogen-bond donors (Lipinski definition) is 2. The average Bonchev–Trinajstić information content (AvgIpc) is 2.94. The van der Waals surface area contributed by atoms with Crippen LogP contribution in [0.3, 0.4) is 0 Å². The van der Waals surface area contributed by atoms with E-state index in [1.807, 2.05) is 19.9 Å². The third kappa shape index (κ3) is 4.00. The highest BCUT2D eigenvalue weighted by atomic mass is 19.4. The molecule has 2 N–H and O–H groups in total. The average molecular weight is 419 g/mol. The van der Waals surface area contributed by atoms with Crippen LogP contribution in [0.4, 0.5) is 18.0 Å². The van der Waals surface area contributed by atoms with Gasteiger partial charge in [-0.15, -0.1) is 0 Å². The number of nitrogens with one attached hydrogen (secondary N) is 2. The Morgan fingerprint density at radius 2 is 1.70 bits per heavy atom. The first kappa shape index (κ1) is 21.4. The summed E-state index contributed by atoms with van der Waals surface area (Å²) in [4.78, 5) is 38.6. The summed E-state index contributed by atoms with van der Waals surface area (Å²) in [5.74, 6) is -1.82. The summed E-state index contributed by atoms with van der Waals surface area (Å²) in [5.41, 5.74) is 1.27. The number of aryl methyl sites for hydroxylation is 2. The van der Waals surface area contributed by atoms with Gasteiger partial charge in [-0.25, -0.2) is 4.79 Å². The molecule has 0 unspecified atom stereocenters. The van der Waals surface area contributed by atoms with Crippen molar-refractivity contribution < 1.29 is 27.6 Å². The van der Waals surface area contributed by atoms with Crippen molar-refractivity contribution in [2.75, 3.05) is 13.1 Å². The maximum atomic E-state index is 13.4. The van der Waals surface area contributed by atoms with Crippen LogP contribution in [0.2, 0.25) is 0 Å². The standard InChI is InChI=1S/C21H20F3N3O3/c1-13-8-9-16(10-14(13)2)21(15-6-4-3-5-7-15)18(29)27(19(30)26-21)11-17(28)25-12-20(22,23)24/h3-10H,11-12H2,1-2H3,(H,25,28)(H,26,30)/t21-/m0/s1. The van der Waals surface area contributed by atoms with Crippen LogP contribution in [-0.2, 0) is 15.1 Å². The number of carbonyl (C=O) groups is 3. The molecule has 6 nitrogen and oxygen atoms in total. The number of alkyl halides is 3. The summed E-state index contributed by atoms with van der Waals surface area (Å²) in [6.07, 6.45) is -4.60. The number of halogens is 3. The van der Waals surface area contributed by atoms with Crippen molar-refractivity contribution in [2.45, 2.75) is 25.6 Å². The number of imide groups is 1. The van der Waals surface area contributed by atoms with E-state index in [1.165, 1.54) is 0 Å². The molecule has 1 heterocycles. The van der Waals surface area contributed by atoms with Crippen LogP contribution in [0.25, 0.3) is 0 Å². The fourth-order valence-electron chi connectivity index (χ4n) is 3.34. The van der Waals surface area contributed by atoms with Crippen molar-refractivity contribution in [1.82, 2.24) is 15.5 Å². The van der Waals surface area contributed by atoms with Gasteiger partial charge in [0.1, 0.15) is 13.1 Å². The largest absolute Gasteiger partial charge is 0.405 e. The zero-order valence-electron chi connectivity index (χ0n) is 16.3. The van der Waals surface area contributed by atoms with E-state index in [0.717, 1.165) is 11.1 Å². The topological polar surface area (TPSA) is 78.5 Å². The molecule has 3 rings (SSSR count). The molecule has 0 spiro atoms. The van der Waals surface area contributed by atoms with Gasteiger partial charge in [-0.05, 0) is 36.1 Å². The Balaban J connectivity index is 1.98. The van der Waals surface area contributed by atoms with Gasteiger partial charge in [-0.2, -0.15) is 13.2 Å². The van der Waals surface area contributed by atoms with Crippen LogP contribution in [0.5, 0.6) is 0 Å². The number of amides is 4. The minimum atomic E-state index is -4.60. The van der Waals surface area contributed by atoms with Gasteiger partial charge < -0.3 is 10.6 Å². The van der Waals surface area contributed by atoms with Crippen LogP contribution >= 0.6 is 0 Å². The van der Waals surface area contributed by atoms with E-state index in [-0.39, 0.29) is 0 Å². The van der Waals surface area contributed by atoms with Crippen molar-refractivity contribution in [3.05, 3.63) is 70.8 Å². The second-order valence-corrected chi connectivity index (χ2v) is 7.13. The highest BCUT2D eigenvalue weighted by Crippen LogP contribution is 2.36. The molecule has 158 valence electrons. The van der Waals surface area contributed by atoms with Crippen LogP contribution in [-0.4, -0.2) is 42.0 Å². The lowest BCUT2D eigenvalue weighted by Crippen LogP contribution is -2.46.